The van der Waals surface area contributed by atoms with Gasteiger partial charge in [0.15, 0.2) is 5.82 Å². The molecule has 1 heterocycles. The Labute approximate surface area is 135 Å². The van der Waals surface area contributed by atoms with Crippen molar-refractivity contribution in [2.45, 2.75) is 33.2 Å². The number of nitrogens with zero attached hydrogens (tertiary/aromatic N) is 2. The molecule has 1 amide bonds. The van der Waals surface area contributed by atoms with E-state index in [0.29, 0.717) is 36.1 Å². The van der Waals surface area contributed by atoms with Gasteiger partial charge in [0.25, 0.3) is 5.91 Å². The third kappa shape index (κ3) is 4.42. The summed E-state index contributed by atoms with van der Waals surface area (Å²) in [6.07, 6.45) is 0.641. The van der Waals surface area contributed by atoms with Gasteiger partial charge in [0, 0.05) is 0 Å². The second-order valence-corrected chi connectivity index (χ2v) is 5.36. The van der Waals surface area contributed by atoms with E-state index in [1.54, 1.807) is 25.1 Å². The standard InChI is InChI=1S/C17H21N3O3/c1-5-14(17-18-12(4)20-23-17)19-16(21)13-8-6-7-9-15(13)22-10-11(2)3/h6-9,14H,2,5,10H2,1,3-4H3,(H,19,21)/t14-/m1/s1. The smallest absolute Gasteiger partial charge is 0.255 e. The molecule has 122 valence electrons. The van der Waals surface area contributed by atoms with Gasteiger partial charge in [-0.15, -0.1) is 0 Å². The van der Waals surface area contributed by atoms with Crippen LogP contribution in [0.3, 0.4) is 0 Å². The minimum absolute atomic E-state index is 0.245. The molecule has 0 saturated heterocycles. The van der Waals surface area contributed by atoms with Gasteiger partial charge in [-0.05, 0) is 38.0 Å². The Morgan fingerprint density at radius 1 is 1.43 bits per heavy atom. The first kappa shape index (κ1) is 16.7. The van der Waals surface area contributed by atoms with E-state index in [-0.39, 0.29) is 11.9 Å². The number of benzene rings is 1. The molecule has 2 aromatic rings. The van der Waals surface area contributed by atoms with Crippen molar-refractivity contribution in [1.29, 1.82) is 0 Å². The molecule has 1 N–H and O–H groups in total. The monoisotopic (exact) mass is 315 g/mol. The van der Waals surface area contributed by atoms with E-state index >= 15 is 0 Å². The average Bonchev–Trinajstić information content (AvgIpc) is 2.97. The molecule has 6 nitrogen and oxygen atoms in total. The second-order valence-electron chi connectivity index (χ2n) is 5.36. The summed E-state index contributed by atoms with van der Waals surface area (Å²) in [4.78, 5) is 16.7. The number of carbonyl (C=O) groups is 1. The fraction of sp³-hybridized carbons (Fsp3) is 0.353. The van der Waals surface area contributed by atoms with E-state index in [0.717, 1.165) is 5.57 Å². The summed E-state index contributed by atoms with van der Waals surface area (Å²) in [7, 11) is 0. The van der Waals surface area contributed by atoms with Crippen molar-refractivity contribution in [2.24, 2.45) is 0 Å². The summed E-state index contributed by atoms with van der Waals surface area (Å²) < 4.78 is 10.8. The number of para-hydroxylation sites is 1. The van der Waals surface area contributed by atoms with E-state index in [1.165, 1.54) is 0 Å². The van der Waals surface area contributed by atoms with Gasteiger partial charge >= 0.3 is 0 Å². The number of amides is 1. The zero-order valence-electron chi connectivity index (χ0n) is 13.6. The molecule has 0 unspecified atom stereocenters. The molecule has 0 radical (unpaired) electrons. The first-order valence-corrected chi connectivity index (χ1v) is 7.48. The van der Waals surface area contributed by atoms with Gasteiger partial charge in [-0.3, -0.25) is 4.79 Å². The summed E-state index contributed by atoms with van der Waals surface area (Å²) in [5.41, 5.74) is 1.34. The SMILES string of the molecule is C=C(C)COc1ccccc1C(=O)N[C@H](CC)c1nc(C)no1. The summed E-state index contributed by atoms with van der Waals surface area (Å²) in [6, 6.07) is 6.76. The third-order valence-corrected chi connectivity index (χ3v) is 3.16. The van der Waals surface area contributed by atoms with Crippen LogP contribution in [-0.2, 0) is 0 Å². The van der Waals surface area contributed by atoms with Crippen molar-refractivity contribution in [3.63, 3.8) is 0 Å². The molecule has 1 aromatic heterocycles. The molecule has 0 bridgehead atoms. The summed E-state index contributed by atoms with van der Waals surface area (Å²) in [5, 5.41) is 6.66. The van der Waals surface area contributed by atoms with Crippen LogP contribution in [-0.4, -0.2) is 22.7 Å². The number of rotatable bonds is 7. The van der Waals surface area contributed by atoms with Gasteiger partial charge in [0.2, 0.25) is 5.89 Å². The first-order chi connectivity index (χ1) is 11.0. The van der Waals surface area contributed by atoms with Gasteiger partial charge < -0.3 is 14.6 Å². The molecular formula is C17H21N3O3. The molecular weight excluding hydrogens is 294 g/mol. The van der Waals surface area contributed by atoms with Crippen LogP contribution in [0.2, 0.25) is 0 Å². The highest BCUT2D eigenvalue weighted by Crippen LogP contribution is 2.21. The fourth-order valence-corrected chi connectivity index (χ4v) is 2.01. The van der Waals surface area contributed by atoms with Gasteiger partial charge in [-0.25, -0.2) is 0 Å². The molecule has 0 fully saturated rings. The van der Waals surface area contributed by atoms with E-state index in [9.17, 15) is 4.79 Å². The van der Waals surface area contributed by atoms with Gasteiger partial charge in [0.1, 0.15) is 18.4 Å². The van der Waals surface area contributed by atoms with E-state index in [1.807, 2.05) is 19.9 Å². The molecule has 23 heavy (non-hydrogen) atoms. The average molecular weight is 315 g/mol. The van der Waals surface area contributed by atoms with Crippen LogP contribution < -0.4 is 10.1 Å². The first-order valence-electron chi connectivity index (χ1n) is 7.48. The fourth-order valence-electron chi connectivity index (χ4n) is 2.01. The number of hydrogen-bond acceptors (Lipinski definition) is 5. The van der Waals surface area contributed by atoms with Crippen LogP contribution in [0.25, 0.3) is 0 Å². The number of aromatic nitrogens is 2. The molecule has 0 spiro atoms. The van der Waals surface area contributed by atoms with Crippen LogP contribution >= 0.6 is 0 Å². The van der Waals surface area contributed by atoms with Gasteiger partial charge in [-0.1, -0.05) is 30.8 Å². The molecule has 0 aliphatic heterocycles. The van der Waals surface area contributed by atoms with E-state index in [4.69, 9.17) is 9.26 Å². The van der Waals surface area contributed by atoms with Crippen molar-refractivity contribution < 1.29 is 14.1 Å². The summed E-state index contributed by atoms with van der Waals surface area (Å²) in [5.74, 6) is 1.21. The van der Waals surface area contributed by atoms with Crippen molar-refractivity contribution in [3.8, 4) is 5.75 Å². The Kier molecular flexibility index (Phi) is 5.51. The second kappa shape index (κ2) is 7.58. The highest BCUT2D eigenvalue weighted by molar-refractivity contribution is 5.97. The number of carbonyl (C=O) groups excluding carboxylic acids is 1. The van der Waals surface area contributed by atoms with Crippen LogP contribution in [0.5, 0.6) is 5.75 Å². The van der Waals surface area contributed by atoms with Crippen LogP contribution in [0.15, 0.2) is 40.9 Å². The maximum absolute atomic E-state index is 12.6. The topological polar surface area (TPSA) is 77.2 Å². The summed E-state index contributed by atoms with van der Waals surface area (Å²) in [6.45, 7) is 9.71. The van der Waals surface area contributed by atoms with Crippen molar-refractivity contribution in [2.75, 3.05) is 6.61 Å². The highest BCUT2D eigenvalue weighted by Gasteiger charge is 2.21. The van der Waals surface area contributed by atoms with E-state index < -0.39 is 0 Å². The number of hydrogen-bond donors (Lipinski definition) is 1. The normalized spacial score (nSPS) is 11.8. The summed E-state index contributed by atoms with van der Waals surface area (Å²) >= 11 is 0. The highest BCUT2D eigenvalue weighted by atomic mass is 16.5. The molecule has 0 saturated carbocycles. The molecule has 0 aliphatic carbocycles. The Morgan fingerprint density at radius 3 is 2.78 bits per heavy atom. The molecule has 1 atom stereocenters. The number of aryl methyl sites for hydroxylation is 1. The minimum Gasteiger partial charge on any atom is -0.488 e. The molecule has 1 aromatic carbocycles. The lowest BCUT2D eigenvalue weighted by molar-refractivity contribution is 0.0923. The number of ether oxygens (including phenoxy) is 1. The zero-order chi connectivity index (χ0) is 16.8. The van der Waals surface area contributed by atoms with Gasteiger partial charge in [-0.2, -0.15) is 4.98 Å². The minimum atomic E-state index is -0.335. The van der Waals surface area contributed by atoms with Crippen molar-refractivity contribution in [3.05, 3.63) is 53.7 Å². The maximum Gasteiger partial charge on any atom is 0.255 e. The Balaban J connectivity index is 2.14. The maximum atomic E-state index is 12.6. The van der Waals surface area contributed by atoms with Crippen LogP contribution in [0.4, 0.5) is 0 Å². The molecule has 0 aliphatic rings. The lowest BCUT2D eigenvalue weighted by Gasteiger charge is -2.15. The molecule has 2 rings (SSSR count). The number of nitrogens with one attached hydrogen (secondary N) is 1. The predicted octanol–water partition coefficient (Wildman–Crippen LogP) is 3.21. The Morgan fingerprint density at radius 2 is 2.17 bits per heavy atom. The van der Waals surface area contributed by atoms with Gasteiger partial charge in [0.05, 0.1) is 5.56 Å². The largest absolute Gasteiger partial charge is 0.488 e. The van der Waals surface area contributed by atoms with Crippen LogP contribution in [0.1, 0.15) is 48.4 Å². The third-order valence-electron chi connectivity index (χ3n) is 3.16. The van der Waals surface area contributed by atoms with Crippen molar-refractivity contribution >= 4 is 5.91 Å². The van der Waals surface area contributed by atoms with Crippen LogP contribution in [0, 0.1) is 6.92 Å². The Bertz CT molecular complexity index is 694. The Hall–Kier alpha value is -2.63. The predicted molar refractivity (Wildman–Crippen MR) is 86.3 cm³/mol. The van der Waals surface area contributed by atoms with Crippen molar-refractivity contribution in [1.82, 2.24) is 15.5 Å². The lowest BCUT2D eigenvalue weighted by atomic mass is 10.1. The lowest BCUT2D eigenvalue weighted by Crippen LogP contribution is -2.28. The molecule has 6 heteroatoms. The quantitative estimate of drug-likeness (QED) is 0.794. The van der Waals surface area contributed by atoms with E-state index in [2.05, 4.69) is 22.0 Å². The zero-order valence-corrected chi connectivity index (χ0v) is 13.6.